The Kier molecular flexibility index (Phi) is 5.00. The molecule has 2 heteroatoms. The van der Waals surface area contributed by atoms with Crippen molar-refractivity contribution in [2.45, 2.75) is 64.6 Å². The number of rotatable bonds is 4. The zero-order valence-corrected chi connectivity index (χ0v) is 12.6. The van der Waals surface area contributed by atoms with Crippen molar-refractivity contribution in [1.82, 2.24) is 4.90 Å². The number of likely N-dealkylation sites (tertiary alicyclic amines) is 1. The number of nitrogens with two attached hydrogens (primary N) is 1. The molecular formula is C17H28N2. The zero-order valence-electron chi connectivity index (χ0n) is 12.6. The highest BCUT2D eigenvalue weighted by Crippen LogP contribution is 2.32. The molecule has 1 aliphatic rings. The van der Waals surface area contributed by atoms with Crippen molar-refractivity contribution in [3.05, 3.63) is 35.4 Å². The molecule has 2 rings (SSSR count). The van der Waals surface area contributed by atoms with Gasteiger partial charge in [-0.2, -0.15) is 0 Å². The average molecular weight is 260 g/mol. The van der Waals surface area contributed by atoms with Crippen molar-refractivity contribution in [3.8, 4) is 0 Å². The molecule has 19 heavy (non-hydrogen) atoms. The van der Waals surface area contributed by atoms with Crippen LogP contribution in [-0.4, -0.2) is 23.5 Å². The van der Waals surface area contributed by atoms with E-state index in [4.69, 9.17) is 5.73 Å². The van der Waals surface area contributed by atoms with E-state index in [9.17, 15) is 0 Å². The van der Waals surface area contributed by atoms with Gasteiger partial charge in [0.15, 0.2) is 0 Å². The third-order valence-electron chi connectivity index (χ3n) is 4.68. The van der Waals surface area contributed by atoms with Gasteiger partial charge >= 0.3 is 0 Å². The van der Waals surface area contributed by atoms with Crippen LogP contribution < -0.4 is 5.73 Å². The Balaban J connectivity index is 2.17. The van der Waals surface area contributed by atoms with Crippen LogP contribution in [0.3, 0.4) is 0 Å². The van der Waals surface area contributed by atoms with Crippen LogP contribution >= 0.6 is 0 Å². The average Bonchev–Trinajstić information content (AvgIpc) is 2.46. The third-order valence-corrected chi connectivity index (χ3v) is 4.68. The van der Waals surface area contributed by atoms with E-state index in [1.54, 1.807) is 0 Å². The van der Waals surface area contributed by atoms with Crippen LogP contribution in [0.2, 0.25) is 0 Å². The van der Waals surface area contributed by atoms with Gasteiger partial charge in [0.25, 0.3) is 0 Å². The fraction of sp³-hybridized carbons (Fsp3) is 0.647. The molecule has 0 spiro atoms. The normalized spacial score (nSPS) is 26.3. The molecule has 1 aromatic carbocycles. The van der Waals surface area contributed by atoms with Gasteiger partial charge in [-0.3, -0.25) is 4.90 Å². The van der Waals surface area contributed by atoms with E-state index >= 15 is 0 Å². The smallest absolute Gasteiger partial charge is 0.0326 e. The summed E-state index contributed by atoms with van der Waals surface area (Å²) in [5.74, 6) is 0. The lowest BCUT2D eigenvalue weighted by atomic mass is 9.92. The van der Waals surface area contributed by atoms with E-state index in [1.807, 2.05) is 0 Å². The monoisotopic (exact) mass is 260 g/mol. The van der Waals surface area contributed by atoms with E-state index in [2.05, 4.69) is 49.9 Å². The fourth-order valence-corrected chi connectivity index (χ4v) is 3.45. The minimum atomic E-state index is 0.467. The lowest BCUT2D eigenvalue weighted by Crippen LogP contribution is -2.49. The zero-order chi connectivity index (χ0) is 13.8. The van der Waals surface area contributed by atoms with Crippen LogP contribution in [0.1, 0.15) is 57.2 Å². The maximum absolute atomic E-state index is 5.98. The summed E-state index contributed by atoms with van der Waals surface area (Å²) in [6.07, 6.45) is 4.98. The van der Waals surface area contributed by atoms with Gasteiger partial charge < -0.3 is 5.73 Å². The summed E-state index contributed by atoms with van der Waals surface area (Å²) in [6, 6.07) is 10.8. The first-order valence-electron chi connectivity index (χ1n) is 7.73. The number of hydrogen-bond donors (Lipinski definition) is 1. The maximum atomic E-state index is 5.98. The molecule has 0 radical (unpaired) electrons. The summed E-state index contributed by atoms with van der Waals surface area (Å²) in [5.41, 5.74) is 8.81. The molecule has 1 saturated heterocycles. The van der Waals surface area contributed by atoms with E-state index in [0.717, 1.165) is 13.0 Å². The fourth-order valence-electron chi connectivity index (χ4n) is 3.45. The van der Waals surface area contributed by atoms with Crippen LogP contribution in [0.15, 0.2) is 24.3 Å². The second kappa shape index (κ2) is 6.53. The van der Waals surface area contributed by atoms with E-state index in [-0.39, 0.29) is 0 Å². The SMILES string of the molecule is CCc1ccc(C(C)N2C(C)CCCC2CN)cc1. The summed E-state index contributed by atoms with van der Waals surface area (Å²) >= 11 is 0. The molecule has 2 nitrogen and oxygen atoms in total. The van der Waals surface area contributed by atoms with Gasteiger partial charge in [-0.1, -0.05) is 37.6 Å². The van der Waals surface area contributed by atoms with Gasteiger partial charge in [0, 0.05) is 24.7 Å². The second-order valence-electron chi connectivity index (χ2n) is 5.89. The first-order chi connectivity index (χ1) is 9.17. The Hall–Kier alpha value is -0.860. The highest BCUT2D eigenvalue weighted by molar-refractivity contribution is 5.25. The molecule has 0 amide bonds. The predicted molar refractivity (Wildman–Crippen MR) is 82.2 cm³/mol. The molecule has 1 aliphatic heterocycles. The summed E-state index contributed by atoms with van der Waals surface area (Å²) in [5, 5.41) is 0. The van der Waals surface area contributed by atoms with Crippen LogP contribution in [0.5, 0.6) is 0 Å². The van der Waals surface area contributed by atoms with E-state index in [0.29, 0.717) is 18.1 Å². The van der Waals surface area contributed by atoms with Gasteiger partial charge in [0.05, 0.1) is 0 Å². The van der Waals surface area contributed by atoms with Crippen molar-refractivity contribution in [2.24, 2.45) is 5.73 Å². The lowest BCUT2D eigenvalue weighted by molar-refractivity contribution is 0.0570. The van der Waals surface area contributed by atoms with E-state index < -0.39 is 0 Å². The van der Waals surface area contributed by atoms with Gasteiger partial charge in [0.1, 0.15) is 0 Å². The van der Waals surface area contributed by atoms with Crippen molar-refractivity contribution < 1.29 is 0 Å². The standard InChI is InChI=1S/C17H28N2/c1-4-15-8-10-16(11-9-15)14(3)19-13(2)6-5-7-17(19)12-18/h8-11,13-14,17H,4-7,12,18H2,1-3H3. The predicted octanol–water partition coefficient (Wildman–Crippen LogP) is 3.51. The third kappa shape index (κ3) is 3.18. The van der Waals surface area contributed by atoms with Crippen LogP contribution in [-0.2, 0) is 6.42 Å². The highest BCUT2D eigenvalue weighted by atomic mass is 15.2. The number of piperidine rings is 1. The number of hydrogen-bond acceptors (Lipinski definition) is 2. The first kappa shape index (κ1) is 14.5. The van der Waals surface area contributed by atoms with Gasteiger partial charge in [-0.25, -0.2) is 0 Å². The molecule has 2 N–H and O–H groups in total. The van der Waals surface area contributed by atoms with Crippen LogP contribution in [0.4, 0.5) is 0 Å². The minimum absolute atomic E-state index is 0.467. The van der Waals surface area contributed by atoms with E-state index in [1.165, 1.54) is 30.4 Å². The Bertz CT molecular complexity index is 385. The molecule has 0 aromatic heterocycles. The first-order valence-corrected chi connectivity index (χ1v) is 7.73. The Morgan fingerprint density at radius 3 is 2.53 bits per heavy atom. The molecule has 106 valence electrons. The van der Waals surface area contributed by atoms with Crippen molar-refractivity contribution in [2.75, 3.05) is 6.54 Å². The van der Waals surface area contributed by atoms with Gasteiger partial charge in [-0.05, 0) is 44.2 Å². The Morgan fingerprint density at radius 1 is 1.26 bits per heavy atom. The number of nitrogens with zero attached hydrogens (tertiary/aromatic N) is 1. The van der Waals surface area contributed by atoms with Gasteiger partial charge in [-0.15, -0.1) is 0 Å². The van der Waals surface area contributed by atoms with Crippen molar-refractivity contribution >= 4 is 0 Å². The van der Waals surface area contributed by atoms with Crippen LogP contribution in [0, 0.1) is 0 Å². The summed E-state index contributed by atoms with van der Waals surface area (Å²) in [4.78, 5) is 2.63. The quantitative estimate of drug-likeness (QED) is 0.897. The lowest BCUT2D eigenvalue weighted by Gasteiger charge is -2.44. The molecule has 3 unspecified atom stereocenters. The summed E-state index contributed by atoms with van der Waals surface area (Å²) in [7, 11) is 0. The molecular weight excluding hydrogens is 232 g/mol. The molecule has 1 aromatic rings. The largest absolute Gasteiger partial charge is 0.329 e. The van der Waals surface area contributed by atoms with Crippen molar-refractivity contribution in [3.63, 3.8) is 0 Å². The molecule has 0 bridgehead atoms. The highest BCUT2D eigenvalue weighted by Gasteiger charge is 2.31. The Morgan fingerprint density at radius 2 is 1.95 bits per heavy atom. The molecule has 1 heterocycles. The molecule has 0 saturated carbocycles. The van der Waals surface area contributed by atoms with Crippen molar-refractivity contribution in [1.29, 1.82) is 0 Å². The maximum Gasteiger partial charge on any atom is 0.0326 e. The molecule has 1 fully saturated rings. The Labute approximate surface area is 118 Å². The summed E-state index contributed by atoms with van der Waals surface area (Å²) < 4.78 is 0. The second-order valence-corrected chi connectivity index (χ2v) is 5.89. The molecule has 0 aliphatic carbocycles. The topological polar surface area (TPSA) is 29.3 Å². The molecule has 3 atom stereocenters. The van der Waals surface area contributed by atoms with Gasteiger partial charge in [0.2, 0.25) is 0 Å². The summed E-state index contributed by atoms with van der Waals surface area (Å²) in [6.45, 7) is 7.65. The number of aryl methyl sites for hydroxylation is 1. The van der Waals surface area contributed by atoms with Crippen LogP contribution in [0.25, 0.3) is 0 Å². The number of benzene rings is 1. The minimum Gasteiger partial charge on any atom is -0.329 e.